The van der Waals surface area contributed by atoms with Crippen LogP contribution in [0.25, 0.3) is 0 Å². The highest BCUT2D eigenvalue weighted by atomic mass is 19.4. The first-order valence-corrected chi connectivity index (χ1v) is 6.22. The van der Waals surface area contributed by atoms with Crippen LogP contribution >= 0.6 is 0 Å². The van der Waals surface area contributed by atoms with Crippen molar-refractivity contribution >= 4 is 0 Å². The molecule has 1 aromatic carbocycles. The minimum Gasteiger partial charge on any atom is -0.494 e. The van der Waals surface area contributed by atoms with Crippen molar-refractivity contribution in [1.82, 2.24) is 5.43 Å². The summed E-state index contributed by atoms with van der Waals surface area (Å²) in [5.41, 5.74) is 3.11. The first-order chi connectivity index (χ1) is 8.96. The fourth-order valence-corrected chi connectivity index (χ4v) is 1.70. The van der Waals surface area contributed by atoms with E-state index in [1.807, 2.05) is 6.92 Å². The van der Waals surface area contributed by atoms with E-state index in [4.69, 9.17) is 10.6 Å². The number of hydrogen-bond acceptors (Lipinski definition) is 3. The van der Waals surface area contributed by atoms with Crippen LogP contribution in [0.4, 0.5) is 13.2 Å². The van der Waals surface area contributed by atoms with Gasteiger partial charge in [0, 0.05) is 12.5 Å². The number of hydrazine groups is 1. The van der Waals surface area contributed by atoms with Crippen LogP contribution in [-0.2, 0) is 0 Å². The van der Waals surface area contributed by atoms with E-state index in [-0.39, 0.29) is 6.42 Å². The Balaban J connectivity index is 2.69. The highest BCUT2D eigenvalue weighted by Crippen LogP contribution is 2.28. The molecule has 0 saturated heterocycles. The van der Waals surface area contributed by atoms with E-state index in [9.17, 15) is 13.2 Å². The first kappa shape index (κ1) is 15.8. The smallest absolute Gasteiger partial charge is 0.389 e. The molecule has 1 aromatic rings. The van der Waals surface area contributed by atoms with Gasteiger partial charge in [-0.25, -0.2) is 0 Å². The summed E-state index contributed by atoms with van der Waals surface area (Å²) in [5, 5.41) is 0. The highest BCUT2D eigenvalue weighted by Gasteiger charge is 2.28. The minimum atomic E-state index is -4.18. The molecule has 0 heterocycles. The van der Waals surface area contributed by atoms with E-state index in [2.05, 4.69) is 5.43 Å². The van der Waals surface area contributed by atoms with E-state index in [0.717, 1.165) is 6.42 Å². The first-order valence-electron chi connectivity index (χ1n) is 6.22. The van der Waals surface area contributed by atoms with Gasteiger partial charge in [0.15, 0.2) is 0 Å². The summed E-state index contributed by atoms with van der Waals surface area (Å²) in [4.78, 5) is 0. The number of nitrogens with two attached hydrogens (primary N) is 1. The summed E-state index contributed by atoms with van der Waals surface area (Å²) in [6.45, 7) is 2.56. The zero-order chi connectivity index (χ0) is 14.3. The number of nitrogens with one attached hydrogen (secondary N) is 1. The molecule has 0 aromatic heterocycles. The van der Waals surface area contributed by atoms with Gasteiger partial charge in [0.2, 0.25) is 0 Å². The molecule has 3 N–H and O–H groups in total. The van der Waals surface area contributed by atoms with Gasteiger partial charge in [-0.1, -0.05) is 19.1 Å². The molecule has 0 aliphatic rings. The Morgan fingerprint density at radius 1 is 1.37 bits per heavy atom. The Labute approximate surface area is 110 Å². The molecule has 3 nitrogen and oxygen atoms in total. The Hall–Kier alpha value is -1.27. The van der Waals surface area contributed by atoms with Crippen LogP contribution in [0, 0.1) is 0 Å². The molecule has 6 heteroatoms. The van der Waals surface area contributed by atoms with Crippen molar-refractivity contribution in [3.63, 3.8) is 0 Å². The lowest BCUT2D eigenvalue weighted by atomic mass is 10.0. The Kier molecular flexibility index (Phi) is 6.11. The number of halogens is 3. The molecule has 0 amide bonds. The Morgan fingerprint density at radius 2 is 2.11 bits per heavy atom. The van der Waals surface area contributed by atoms with Crippen LogP contribution in [-0.4, -0.2) is 12.8 Å². The number of benzene rings is 1. The van der Waals surface area contributed by atoms with Gasteiger partial charge < -0.3 is 4.74 Å². The zero-order valence-corrected chi connectivity index (χ0v) is 10.8. The van der Waals surface area contributed by atoms with E-state index < -0.39 is 18.6 Å². The molecule has 1 rings (SSSR count). The Bertz CT molecular complexity index is 382. The average molecular weight is 276 g/mol. The second kappa shape index (κ2) is 7.35. The molecule has 19 heavy (non-hydrogen) atoms. The van der Waals surface area contributed by atoms with Gasteiger partial charge in [-0.3, -0.25) is 11.3 Å². The summed E-state index contributed by atoms with van der Waals surface area (Å²) in [5.74, 6) is 5.97. The standard InChI is InChI=1S/C13H19F3N2O/c1-2-8-19-11-5-3-4-10(9-11)12(18-17)6-7-13(14,15)16/h3-5,9,12,18H,2,6-8,17H2,1H3. The highest BCUT2D eigenvalue weighted by molar-refractivity contribution is 5.30. The molecular formula is C13H19F3N2O. The monoisotopic (exact) mass is 276 g/mol. The largest absolute Gasteiger partial charge is 0.494 e. The second-order valence-electron chi connectivity index (χ2n) is 4.29. The number of rotatable bonds is 7. The fraction of sp³-hybridized carbons (Fsp3) is 0.538. The summed E-state index contributed by atoms with van der Waals surface area (Å²) < 4.78 is 42.1. The van der Waals surface area contributed by atoms with Crippen molar-refractivity contribution in [2.45, 2.75) is 38.4 Å². The van der Waals surface area contributed by atoms with E-state index in [0.29, 0.717) is 17.9 Å². The van der Waals surface area contributed by atoms with Crippen molar-refractivity contribution in [2.75, 3.05) is 6.61 Å². The zero-order valence-electron chi connectivity index (χ0n) is 10.8. The molecule has 0 aliphatic heterocycles. The van der Waals surface area contributed by atoms with E-state index in [1.165, 1.54) is 0 Å². The second-order valence-corrected chi connectivity index (χ2v) is 4.29. The lowest BCUT2D eigenvalue weighted by molar-refractivity contribution is -0.136. The predicted molar refractivity (Wildman–Crippen MR) is 67.6 cm³/mol. The van der Waals surface area contributed by atoms with Crippen LogP contribution < -0.4 is 16.0 Å². The minimum absolute atomic E-state index is 0.1000. The van der Waals surface area contributed by atoms with E-state index in [1.54, 1.807) is 24.3 Å². The summed E-state index contributed by atoms with van der Waals surface area (Å²) in [6, 6.07) is 6.44. The van der Waals surface area contributed by atoms with Gasteiger partial charge in [-0.15, -0.1) is 0 Å². The van der Waals surface area contributed by atoms with Crippen molar-refractivity contribution in [3.8, 4) is 5.75 Å². The summed E-state index contributed by atoms with van der Waals surface area (Å²) in [6.07, 6.45) is -4.28. The van der Waals surface area contributed by atoms with Crippen molar-refractivity contribution in [3.05, 3.63) is 29.8 Å². The van der Waals surface area contributed by atoms with Gasteiger partial charge in [-0.2, -0.15) is 13.2 Å². The molecule has 108 valence electrons. The number of hydrogen-bond donors (Lipinski definition) is 2. The fourth-order valence-electron chi connectivity index (χ4n) is 1.70. The molecule has 1 unspecified atom stereocenters. The molecular weight excluding hydrogens is 257 g/mol. The van der Waals surface area contributed by atoms with Crippen LogP contribution in [0.5, 0.6) is 5.75 Å². The SMILES string of the molecule is CCCOc1cccc(C(CCC(F)(F)F)NN)c1. The normalized spacial score (nSPS) is 13.3. The molecule has 0 fully saturated rings. The van der Waals surface area contributed by atoms with Crippen LogP contribution in [0.3, 0.4) is 0 Å². The third-order valence-electron chi connectivity index (χ3n) is 2.65. The summed E-state index contributed by atoms with van der Waals surface area (Å²) >= 11 is 0. The molecule has 0 aliphatic carbocycles. The van der Waals surface area contributed by atoms with Gasteiger partial charge in [-0.05, 0) is 30.5 Å². The third-order valence-corrected chi connectivity index (χ3v) is 2.65. The lowest BCUT2D eigenvalue weighted by Crippen LogP contribution is -2.29. The molecule has 0 saturated carbocycles. The van der Waals surface area contributed by atoms with E-state index >= 15 is 0 Å². The van der Waals surface area contributed by atoms with Crippen molar-refractivity contribution < 1.29 is 17.9 Å². The van der Waals surface area contributed by atoms with Gasteiger partial charge in [0.1, 0.15) is 5.75 Å². The van der Waals surface area contributed by atoms with Gasteiger partial charge in [0.05, 0.1) is 6.61 Å². The molecule has 0 radical (unpaired) electrons. The maximum atomic E-state index is 12.2. The quantitative estimate of drug-likeness (QED) is 0.593. The number of ether oxygens (including phenoxy) is 1. The van der Waals surface area contributed by atoms with Crippen LogP contribution in [0.1, 0.15) is 37.8 Å². The van der Waals surface area contributed by atoms with Crippen LogP contribution in [0.15, 0.2) is 24.3 Å². The molecule has 0 bridgehead atoms. The maximum Gasteiger partial charge on any atom is 0.389 e. The average Bonchev–Trinajstić information content (AvgIpc) is 2.36. The topological polar surface area (TPSA) is 47.3 Å². The van der Waals surface area contributed by atoms with Crippen molar-refractivity contribution in [2.24, 2.45) is 5.84 Å². The maximum absolute atomic E-state index is 12.2. The van der Waals surface area contributed by atoms with Gasteiger partial charge >= 0.3 is 6.18 Å². The predicted octanol–water partition coefficient (Wildman–Crippen LogP) is 3.32. The lowest BCUT2D eigenvalue weighted by Gasteiger charge is -2.18. The number of alkyl halides is 3. The third kappa shape index (κ3) is 5.94. The Morgan fingerprint density at radius 3 is 2.68 bits per heavy atom. The summed E-state index contributed by atoms with van der Waals surface area (Å²) in [7, 11) is 0. The molecule has 0 spiro atoms. The molecule has 1 atom stereocenters. The van der Waals surface area contributed by atoms with Gasteiger partial charge in [0.25, 0.3) is 0 Å². The van der Waals surface area contributed by atoms with Crippen molar-refractivity contribution in [1.29, 1.82) is 0 Å². The van der Waals surface area contributed by atoms with Crippen LogP contribution in [0.2, 0.25) is 0 Å².